The fourth-order valence-electron chi connectivity index (χ4n) is 0.969. The number of aromatic nitrogens is 2. The third kappa shape index (κ3) is 3.28. The Hall–Kier alpha value is -0.900. The van der Waals surface area contributed by atoms with Gasteiger partial charge in [-0.3, -0.25) is 0 Å². The molecule has 0 aliphatic heterocycles. The molecule has 0 saturated carbocycles. The lowest BCUT2D eigenvalue weighted by Crippen LogP contribution is -2.03. The second kappa shape index (κ2) is 4.77. The highest BCUT2D eigenvalue weighted by atomic mass is 127. The van der Waals surface area contributed by atoms with Crippen LogP contribution in [0.15, 0.2) is 24.3 Å². The van der Waals surface area contributed by atoms with E-state index in [-0.39, 0.29) is 5.19 Å². The summed E-state index contributed by atoms with van der Waals surface area (Å²) in [5.74, 6) is 0.426. The monoisotopic (exact) mass is 372 g/mol. The molecule has 0 aliphatic rings. The molecule has 0 radical (unpaired) electrons. The Morgan fingerprint density at radius 2 is 1.76 bits per heavy atom. The van der Waals surface area contributed by atoms with E-state index < -0.39 is 11.2 Å². The maximum atomic E-state index is 12.2. The number of ether oxygens (including phenoxy) is 1. The lowest BCUT2D eigenvalue weighted by molar-refractivity contribution is -0.138. The Kier molecular flexibility index (Phi) is 3.52. The van der Waals surface area contributed by atoms with Gasteiger partial charge in [0.15, 0.2) is 0 Å². The number of alkyl halides is 3. The van der Waals surface area contributed by atoms with E-state index in [0.29, 0.717) is 17.1 Å². The van der Waals surface area contributed by atoms with E-state index in [4.69, 9.17) is 4.74 Å². The van der Waals surface area contributed by atoms with Gasteiger partial charge < -0.3 is 4.74 Å². The molecule has 1 heterocycles. The molecule has 2 aromatic rings. The molecule has 8 heteroatoms. The van der Waals surface area contributed by atoms with Crippen LogP contribution in [0.3, 0.4) is 0 Å². The highest BCUT2D eigenvalue weighted by Gasteiger charge is 2.36. The van der Waals surface area contributed by atoms with E-state index in [2.05, 4.69) is 32.8 Å². The second-order valence-electron chi connectivity index (χ2n) is 2.93. The van der Waals surface area contributed by atoms with Crippen molar-refractivity contribution in [1.29, 1.82) is 0 Å². The van der Waals surface area contributed by atoms with Gasteiger partial charge in [0.1, 0.15) is 5.75 Å². The summed E-state index contributed by atoms with van der Waals surface area (Å²) < 4.78 is 42.9. The Bertz CT molecular complexity index is 512. The maximum absolute atomic E-state index is 12.2. The van der Waals surface area contributed by atoms with Gasteiger partial charge in [0, 0.05) is 3.57 Å². The van der Waals surface area contributed by atoms with E-state index in [9.17, 15) is 13.2 Å². The van der Waals surface area contributed by atoms with Crippen molar-refractivity contribution >= 4 is 33.9 Å². The van der Waals surface area contributed by atoms with Crippen LogP contribution in [-0.2, 0) is 6.18 Å². The second-order valence-corrected chi connectivity index (χ2v) is 5.11. The Morgan fingerprint density at radius 1 is 1.12 bits per heavy atom. The molecule has 0 amide bonds. The van der Waals surface area contributed by atoms with Gasteiger partial charge in [0.2, 0.25) is 5.01 Å². The van der Waals surface area contributed by atoms with Crippen LogP contribution in [0.2, 0.25) is 0 Å². The predicted molar refractivity (Wildman–Crippen MR) is 64.1 cm³/mol. The van der Waals surface area contributed by atoms with E-state index >= 15 is 0 Å². The Labute approximate surface area is 112 Å². The molecule has 3 nitrogen and oxygen atoms in total. The van der Waals surface area contributed by atoms with Gasteiger partial charge in [-0.1, -0.05) is 16.4 Å². The zero-order valence-corrected chi connectivity index (χ0v) is 11.0. The van der Waals surface area contributed by atoms with Gasteiger partial charge in [-0.05, 0) is 46.9 Å². The quantitative estimate of drug-likeness (QED) is 0.749. The minimum absolute atomic E-state index is 0.126. The van der Waals surface area contributed by atoms with Gasteiger partial charge in [0.05, 0.1) is 0 Å². The van der Waals surface area contributed by atoms with Crippen LogP contribution in [0, 0.1) is 3.57 Å². The van der Waals surface area contributed by atoms with Crippen LogP contribution in [0.1, 0.15) is 5.01 Å². The van der Waals surface area contributed by atoms with Gasteiger partial charge >= 0.3 is 6.18 Å². The zero-order chi connectivity index (χ0) is 12.5. The summed E-state index contributed by atoms with van der Waals surface area (Å²) in [6.45, 7) is 0. The molecule has 0 aliphatic carbocycles. The smallest absolute Gasteiger partial charge is 0.430 e. The fraction of sp³-hybridized carbons (Fsp3) is 0.111. The Morgan fingerprint density at radius 3 is 2.29 bits per heavy atom. The highest BCUT2D eigenvalue weighted by molar-refractivity contribution is 14.1. The van der Waals surface area contributed by atoms with Gasteiger partial charge in [-0.25, -0.2) is 0 Å². The highest BCUT2D eigenvalue weighted by Crippen LogP contribution is 2.35. The number of nitrogens with zero attached hydrogens (tertiary/aromatic N) is 2. The van der Waals surface area contributed by atoms with Gasteiger partial charge in [0.25, 0.3) is 5.19 Å². The summed E-state index contributed by atoms with van der Waals surface area (Å²) in [6, 6.07) is 6.86. The first-order valence-corrected chi connectivity index (χ1v) is 6.19. The van der Waals surface area contributed by atoms with E-state index in [1.807, 2.05) is 0 Å². The zero-order valence-electron chi connectivity index (χ0n) is 8.03. The van der Waals surface area contributed by atoms with Crippen LogP contribution in [0.4, 0.5) is 13.2 Å². The third-order valence-corrected chi connectivity index (χ3v) is 3.23. The Balaban J connectivity index is 2.14. The minimum atomic E-state index is -4.48. The molecule has 0 fully saturated rings. The standard InChI is InChI=1S/C9H4F3IN2OS/c10-9(11,12)7-14-15-8(17-7)16-6-3-1-5(13)2-4-6/h1-4H. The van der Waals surface area contributed by atoms with Crippen LogP contribution in [0.25, 0.3) is 0 Å². The number of hydrogen-bond donors (Lipinski definition) is 0. The first-order chi connectivity index (χ1) is 7.95. The molecular formula is C9H4F3IN2OS. The van der Waals surface area contributed by atoms with E-state index in [1.165, 1.54) is 0 Å². The lowest BCUT2D eigenvalue weighted by Gasteiger charge is -2.00. The van der Waals surface area contributed by atoms with Crippen molar-refractivity contribution in [3.05, 3.63) is 32.8 Å². The van der Waals surface area contributed by atoms with E-state index in [0.717, 1.165) is 3.57 Å². The van der Waals surface area contributed by atoms with Crippen LogP contribution < -0.4 is 4.74 Å². The van der Waals surface area contributed by atoms with Crippen molar-refractivity contribution in [2.45, 2.75) is 6.18 Å². The number of halogens is 4. The summed E-state index contributed by atoms with van der Waals surface area (Å²) in [5, 5.41) is 5.20. The van der Waals surface area contributed by atoms with Crippen molar-refractivity contribution < 1.29 is 17.9 Å². The van der Waals surface area contributed by atoms with Crippen molar-refractivity contribution in [3.63, 3.8) is 0 Å². The molecule has 1 aromatic heterocycles. The summed E-state index contributed by atoms with van der Waals surface area (Å²) in [6.07, 6.45) is -4.48. The number of rotatable bonds is 2. The first kappa shape index (κ1) is 12.6. The molecule has 1 aromatic carbocycles. The maximum Gasteiger partial charge on any atom is 0.445 e. The molecule has 0 spiro atoms. The van der Waals surface area contributed by atoms with Gasteiger partial charge in [-0.2, -0.15) is 13.2 Å². The first-order valence-electron chi connectivity index (χ1n) is 4.29. The van der Waals surface area contributed by atoms with E-state index in [1.54, 1.807) is 24.3 Å². The molecule has 0 bridgehead atoms. The normalized spacial score (nSPS) is 11.5. The summed E-state index contributed by atoms with van der Waals surface area (Å²) in [5.41, 5.74) is 0. The molecule has 2 rings (SSSR count). The average Bonchev–Trinajstić information content (AvgIpc) is 2.69. The summed E-state index contributed by atoms with van der Waals surface area (Å²) in [7, 11) is 0. The van der Waals surface area contributed by atoms with Crippen molar-refractivity contribution in [3.8, 4) is 10.9 Å². The van der Waals surface area contributed by atoms with Crippen LogP contribution in [0.5, 0.6) is 10.9 Å². The van der Waals surface area contributed by atoms with Crippen molar-refractivity contribution in [1.82, 2.24) is 10.2 Å². The molecule has 0 unspecified atom stereocenters. The predicted octanol–water partition coefficient (Wildman–Crippen LogP) is 3.95. The van der Waals surface area contributed by atoms with Crippen LogP contribution >= 0.6 is 33.9 Å². The molecule has 90 valence electrons. The molecule has 0 N–H and O–H groups in total. The van der Waals surface area contributed by atoms with Crippen molar-refractivity contribution in [2.24, 2.45) is 0 Å². The minimum Gasteiger partial charge on any atom is -0.430 e. The van der Waals surface area contributed by atoms with Crippen molar-refractivity contribution in [2.75, 3.05) is 0 Å². The average molecular weight is 372 g/mol. The number of hydrogen-bond acceptors (Lipinski definition) is 4. The molecular weight excluding hydrogens is 368 g/mol. The molecule has 0 saturated heterocycles. The fourth-order valence-corrected chi connectivity index (χ4v) is 1.91. The van der Waals surface area contributed by atoms with Crippen LogP contribution in [-0.4, -0.2) is 10.2 Å². The lowest BCUT2D eigenvalue weighted by atomic mass is 10.3. The summed E-state index contributed by atoms with van der Waals surface area (Å²) >= 11 is 2.48. The largest absolute Gasteiger partial charge is 0.445 e. The third-order valence-electron chi connectivity index (χ3n) is 1.67. The number of benzene rings is 1. The SMILES string of the molecule is FC(F)(F)c1nnc(Oc2ccc(I)cc2)s1. The molecule has 0 atom stereocenters. The van der Waals surface area contributed by atoms with Gasteiger partial charge in [-0.15, -0.1) is 5.10 Å². The topological polar surface area (TPSA) is 35.0 Å². The molecule has 17 heavy (non-hydrogen) atoms. The summed E-state index contributed by atoms with van der Waals surface area (Å²) in [4.78, 5) is 0.